The number of rotatable bonds is 5. The number of imidazole rings is 1. The van der Waals surface area contributed by atoms with Gasteiger partial charge in [-0.3, -0.25) is 4.79 Å². The van der Waals surface area contributed by atoms with Gasteiger partial charge < -0.3 is 14.4 Å². The fourth-order valence-electron chi connectivity index (χ4n) is 2.19. The highest BCUT2D eigenvalue weighted by molar-refractivity contribution is 6.33. The van der Waals surface area contributed by atoms with E-state index in [0.29, 0.717) is 12.2 Å². The molecule has 0 spiro atoms. The zero-order chi connectivity index (χ0) is 17.2. The van der Waals surface area contributed by atoms with E-state index in [1.54, 1.807) is 6.92 Å². The lowest BCUT2D eigenvalue weighted by molar-refractivity contribution is -0.138. The van der Waals surface area contributed by atoms with Crippen LogP contribution in [-0.4, -0.2) is 45.0 Å². The summed E-state index contributed by atoms with van der Waals surface area (Å²) in [5.41, 5.74) is -0.416. The molecule has 0 aliphatic carbocycles. The predicted octanol–water partition coefficient (Wildman–Crippen LogP) is 2.39. The lowest BCUT2D eigenvalue weighted by atomic mass is 10.3. The first-order chi connectivity index (χ1) is 10.8. The molecule has 9 heteroatoms. The summed E-state index contributed by atoms with van der Waals surface area (Å²) >= 11 is 5.85. The number of hydrogen-bond donors (Lipinski definition) is 1. The molecule has 0 aliphatic rings. The van der Waals surface area contributed by atoms with Crippen molar-refractivity contribution >= 4 is 23.2 Å². The first-order valence-electron chi connectivity index (χ1n) is 6.89. The van der Waals surface area contributed by atoms with Crippen molar-refractivity contribution in [1.29, 1.82) is 0 Å². The number of carbonyl (C=O) groups excluding carboxylic acids is 1. The van der Waals surface area contributed by atoms with Crippen LogP contribution in [-0.2, 0) is 17.4 Å². The number of alkyl halides is 3. The standard InChI is InChI=1S/C14H15ClF3N3O2/c1-2-20(3-4-22)12(23)6-10-8-21-7-9(14(16,17)18)5-11(15)13(21)19-10/h5,7-8,22H,2-4,6H2,1H3. The topological polar surface area (TPSA) is 57.8 Å². The summed E-state index contributed by atoms with van der Waals surface area (Å²) in [4.78, 5) is 17.6. The summed E-state index contributed by atoms with van der Waals surface area (Å²) in [6.07, 6.45) is -2.36. The number of nitrogens with zero attached hydrogens (tertiary/aromatic N) is 3. The monoisotopic (exact) mass is 349 g/mol. The Balaban J connectivity index is 2.30. The molecule has 0 saturated heterocycles. The minimum Gasteiger partial charge on any atom is -0.395 e. The molecular formula is C14H15ClF3N3O2. The Morgan fingerprint density at radius 1 is 1.43 bits per heavy atom. The predicted molar refractivity (Wildman–Crippen MR) is 78.2 cm³/mol. The molecule has 0 aromatic carbocycles. The number of aliphatic hydroxyl groups excluding tert-OH is 1. The number of pyridine rings is 1. The van der Waals surface area contributed by atoms with Gasteiger partial charge in [-0.25, -0.2) is 4.98 Å². The van der Waals surface area contributed by atoms with Crippen molar-refractivity contribution in [2.24, 2.45) is 0 Å². The molecule has 5 nitrogen and oxygen atoms in total. The molecule has 2 rings (SSSR count). The fourth-order valence-corrected chi connectivity index (χ4v) is 2.45. The van der Waals surface area contributed by atoms with Crippen LogP contribution in [0.4, 0.5) is 13.2 Å². The summed E-state index contributed by atoms with van der Waals surface area (Å²) in [5, 5.41) is 8.76. The number of likely N-dealkylation sites (N-methyl/N-ethyl adjacent to an activating group) is 1. The molecule has 1 N–H and O–H groups in total. The molecule has 2 aromatic rings. The van der Waals surface area contributed by atoms with Crippen LogP contribution in [0.5, 0.6) is 0 Å². The van der Waals surface area contributed by atoms with E-state index in [1.165, 1.54) is 11.1 Å². The van der Waals surface area contributed by atoms with Crippen LogP contribution in [0.1, 0.15) is 18.2 Å². The Labute approximate surface area is 135 Å². The van der Waals surface area contributed by atoms with E-state index in [1.807, 2.05) is 0 Å². The quantitative estimate of drug-likeness (QED) is 0.901. The summed E-state index contributed by atoms with van der Waals surface area (Å²) in [6.45, 7) is 2.22. The molecule has 0 radical (unpaired) electrons. The lowest BCUT2D eigenvalue weighted by Gasteiger charge is -2.18. The summed E-state index contributed by atoms with van der Waals surface area (Å²) in [7, 11) is 0. The maximum absolute atomic E-state index is 12.8. The number of aliphatic hydroxyl groups is 1. The molecule has 0 atom stereocenters. The zero-order valence-corrected chi connectivity index (χ0v) is 13.0. The minimum absolute atomic E-state index is 0.0762. The highest BCUT2D eigenvalue weighted by Crippen LogP contribution is 2.32. The van der Waals surface area contributed by atoms with Crippen LogP contribution in [0.15, 0.2) is 18.5 Å². The van der Waals surface area contributed by atoms with Crippen molar-refractivity contribution in [3.05, 3.63) is 34.7 Å². The van der Waals surface area contributed by atoms with Gasteiger partial charge in [0, 0.05) is 25.5 Å². The van der Waals surface area contributed by atoms with Crippen molar-refractivity contribution in [2.45, 2.75) is 19.5 Å². The van der Waals surface area contributed by atoms with Gasteiger partial charge in [0.1, 0.15) is 0 Å². The van der Waals surface area contributed by atoms with Crippen molar-refractivity contribution in [1.82, 2.24) is 14.3 Å². The third-order valence-electron chi connectivity index (χ3n) is 3.32. The number of fused-ring (bicyclic) bond motifs is 1. The Morgan fingerprint density at radius 3 is 2.70 bits per heavy atom. The Morgan fingerprint density at radius 2 is 2.13 bits per heavy atom. The molecule has 126 valence electrons. The van der Waals surface area contributed by atoms with E-state index in [9.17, 15) is 18.0 Å². The molecule has 0 bridgehead atoms. The second kappa shape index (κ2) is 6.76. The minimum atomic E-state index is -4.52. The first-order valence-corrected chi connectivity index (χ1v) is 7.27. The Bertz CT molecular complexity index is 715. The number of hydrogen-bond acceptors (Lipinski definition) is 3. The number of carbonyl (C=O) groups is 1. The smallest absolute Gasteiger partial charge is 0.395 e. The summed E-state index contributed by atoms with van der Waals surface area (Å²) in [6, 6.07) is 0.805. The van der Waals surface area contributed by atoms with E-state index in [2.05, 4.69) is 4.98 Å². The molecule has 0 aliphatic heterocycles. The van der Waals surface area contributed by atoms with Crippen molar-refractivity contribution in [3.63, 3.8) is 0 Å². The van der Waals surface area contributed by atoms with Gasteiger partial charge >= 0.3 is 6.18 Å². The zero-order valence-electron chi connectivity index (χ0n) is 12.3. The third kappa shape index (κ3) is 3.94. The van der Waals surface area contributed by atoms with Crippen molar-refractivity contribution < 1.29 is 23.1 Å². The van der Waals surface area contributed by atoms with Crippen molar-refractivity contribution in [3.8, 4) is 0 Å². The van der Waals surface area contributed by atoms with Crippen LogP contribution in [0.25, 0.3) is 5.65 Å². The molecule has 1 amide bonds. The lowest BCUT2D eigenvalue weighted by Crippen LogP contribution is -2.34. The van der Waals surface area contributed by atoms with Crippen LogP contribution in [0.2, 0.25) is 5.02 Å². The summed E-state index contributed by atoms with van der Waals surface area (Å²) in [5.74, 6) is -0.267. The summed E-state index contributed by atoms with van der Waals surface area (Å²) < 4.78 is 39.5. The molecular weight excluding hydrogens is 335 g/mol. The van der Waals surface area contributed by atoms with Gasteiger partial charge in [-0.05, 0) is 13.0 Å². The first kappa shape index (κ1) is 17.6. The van der Waals surface area contributed by atoms with Gasteiger partial charge in [0.05, 0.1) is 29.3 Å². The van der Waals surface area contributed by atoms with E-state index in [4.69, 9.17) is 16.7 Å². The highest BCUT2D eigenvalue weighted by Gasteiger charge is 2.32. The molecule has 23 heavy (non-hydrogen) atoms. The van der Waals surface area contributed by atoms with E-state index in [0.717, 1.165) is 16.7 Å². The van der Waals surface area contributed by atoms with E-state index < -0.39 is 11.7 Å². The molecule has 0 fully saturated rings. The fraction of sp³-hybridized carbons (Fsp3) is 0.429. The SMILES string of the molecule is CCN(CCO)C(=O)Cc1cn2cc(C(F)(F)F)cc(Cl)c2n1. The Kier molecular flexibility index (Phi) is 5.16. The maximum Gasteiger partial charge on any atom is 0.417 e. The number of halogens is 4. The normalized spacial score (nSPS) is 11.9. The largest absolute Gasteiger partial charge is 0.417 e. The van der Waals surface area contributed by atoms with Crippen LogP contribution < -0.4 is 0 Å². The number of aromatic nitrogens is 2. The average Bonchev–Trinajstić information content (AvgIpc) is 2.86. The van der Waals surface area contributed by atoms with Crippen LogP contribution >= 0.6 is 11.6 Å². The van der Waals surface area contributed by atoms with Gasteiger partial charge in [-0.15, -0.1) is 0 Å². The van der Waals surface area contributed by atoms with E-state index >= 15 is 0 Å². The van der Waals surface area contributed by atoms with Gasteiger partial charge in [-0.2, -0.15) is 13.2 Å². The van der Waals surface area contributed by atoms with Gasteiger partial charge in [0.15, 0.2) is 5.65 Å². The molecule has 2 heterocycles. The van der Waals surface area contributed by atoms with Gasteiger partial charge in [0.25, 0.3) is 0 Å². The molecule has 2 aromatic heterocycles. The van der Waals surface area contributed by atoms with Crippen LogP contribution in [0.3, 0.4) is 0 Å². The van der Waals surface area contributed by atoms with Gasteiger partial charge in [-0.1, -0.05) is 11.6 Å². The van der Waals surface area contributed by atoms with E-state index in [-0.39, 0.29) is 36.1 Å². The maximum atomic E-state index is 12.8. The molecule has 0 unspecified atom stereocenters. The highest BCUT2D eigenvalue weighted by atomic mass is 35.5. The molecule has 0 saturated carbocycles. The second-order valence-corrected chi connectivity index (χ2v) is 5.32. The average molecular weight is 350 g/mol. The van der Waals surface area contributed by atoms with Gasteiger partial charge in [0.2, 0.25) is 5.91 Å². The second-order valence-electron chi connectivity index (χ2n) is 4.91. The Hall–Kier alpha value is -1.80. The number of amides is 1. The van der Waals surface area contributed by atoms with Crippen LogP contribution in [0, 0.1) is 0 Å². The third-order valence-corrected chi connectivity index (χ3v) is 3.60. The van der Waals surface area contributed by atoms with Crippen molar-refractivity contribution in [2.75, 3.05) is 19.7 Å².